The first kappa shape index (κ1) is 16.2. The third kappa shape index (κ3) is 4.16. The van der Waals surface area contributed by atoms with E-state index in [1.54, 1.807) is 0 Å². The molecule has 1 aromatic heterocycles. The van der Waals surface area contributed by atoms with Crippen molar-refractivity contribution in [3.05, 3.63) is 58.1 Å². The number of anilines is 1. The van der Waals surface area contributed by atoms with Crippen molar-refractivity contribution in [3.63, 3.8) is 0 Å². The SMILES string of the molecule is O=C(COC(=O)c1cccnc1Cl)Nc1cc(F)ccc1Cl. The van der Waals surface area contributed by atoms with Crippen LogP contribution in [0.5, 0.6) is 0 Å². The number of carbonyl (C=O) groups excluding carboxylic acids is 2. The van der Waals surface area contributed by atoms with Crippen molar-refractivity contribution in [1.82, 2.24) is 4.98 Å². The largest absolute Gasteiger partial charge is 0.452 e. The molecule has 0 saturated carbocycles. The monoisotopic (exact) mass is 342 g/mol. The summed E-state index contributed by atoms with van der Waals surface area (Å²) in [5, 5.41) is 2.47. The molecule has 0 unspecified atom stereocenters. The zero-order valence-electron chi connectivity index (χ0n) is 11.0. The summed E-state index contributed by atoms with van der Waals surface area (Å²) in [6, 6.07) is 6.43. The van der Waals surface area contributed by atoms with Crippen molar-refractivity contribution in [1.29, 1.82) is 0 Å². The van der Waals surface area contributed by atoms with E-state index in [0.29, 0.717) is 0 Å². The number of hydrogen-bond donors (Lipinski definition) is 1. The second kappa shape index (κ2) is 7.20. The van der Waals surface area contributed by atoms with Crippen LogP contribution in [-0.2, 0) is 9.53 Å². The summed E-state index contributed by atoms with van der Waals surface area (Å²) in [5.74, 6) is -2.02. The summed E-state index contributed by atoms with van der Waals surface area (Å²) in [6.45, 7) is -0.573. The standard InChI is InChI=1S/C14H9Cl2FN2O3/c15-10-4-3-8(17)6-11(10)19-12(20)7-22-14(21)9-2-1-5-18-13(9)16/h1-6H,7H2,(H,19,20). The van der Waals surface area contributed by atoms with E-state index in [1.807, 2.05) is 0 Å². The summed E-state index contributed by atoms with van der Waals surface area (Å²) in [6.07, 6.45) is 1.41. The van der Waals surface area contributed by atoms with Gasteiger partial charge in [0.05, 0.1) is 16.3 Å². The highest BCUT2D eigenvalue weighted by atomic mass is 35.5. The summed E-state index contributed by atoms with van der Waals surface area (Å²) in [5.41, 5.74) is 0.128. The first-order chi connectivity index (χ1) is 10.5. The van der Waals surface area contributed by atoms with Gasteiger partial charge in [0.1, 0.15) is 11.0 Å². The number of nitrogens with zero attached hydrogens (tertiary/aromatic N) is 1. The van der Waals surface area contributed by atoms with Crippen LogP contribution in [0.25, 0.3) is 0 Å². The minimum absolute atomic E-state index is 0.0268. The number of ether oxygens (including phenoxy) is 1. The van der Waals surface area contributed by atoms with Gasteiger partial charge in [-0.1, -0.05) is 23.2 Å². The van der Waals surface area contributed by atoms with Crippen LogP contribution in [-0.4, -0.2) is 23.5 Å². The molecule has 5 nitrogen and oxygen atoms in total. The van der Waals surface area contributed by atoms with Gasteiger partial charge in [0, 0.05) is 6.20 Å². The zero-order valence-corrected chi connectivity index (χ0v) is 12.5. The van der Waals surface area contributed by atoms with Crippen LogP contribution in [0.2, 0.25) is 10.2 Å². The number of rotatable bonds is 4. The topological polar surface area (TPSA) is 68.3 Å². The molecule has 0 fully saturated rings. The molecule has 0 radical (unpaired) electrons. The average Bonchev–Trinajstić information content (AvgIpc) is 2.49. The third-order valence-corrected chi connectivity index (χ3v) is 3.15. The number of nitrogens with one attached hydrogen (secondary N) is 1. The zero-order chi connectivity index (χ0) is 16.1. The number of halogens is 3. The van der Waals surface area contributed by atoms with Gasteiger partial charge < -0.3 is 10.1 Å². The smallest absolute Gasteiger partial charge is 0.341 e. The number of pyridine rings is 1. The molecule has 8 heteroatoms. The summed E-state index contributed by atoms with van der Waals surface area (Å²) in [4.78, 5) is 27.1. The Bertz CT molecular complexity index is 725. The lowest BCUT2D eigenvalue weighted by atomic mass is 10.3. The molecule has 1 amide bonds. The van der Waals surface area contributed by atoms with E-state index in [2.05, 4.69) is 10.3 Å². The van der Waals surface area contributed by atoms with Crippen LogP contribution in [0, 0.1) is 5.82 Å². The van der Waals surface area contributed by atoms with E-state index in [0.717, 1.165) is 12.1 Å². The van der Waals surface area contributed by atoms with E-state index >= 15 is 0 Å². The number of aromatic nitrogens is 1. The summed E-state index contributed by atoms with van der Waals surface area (Å²) in [7, 11) is 0. The first-order valence-electron chi connectivity index (χ1n) is 6.00. The molecule has 2 rings (SSSR count). The highest BCUT2D eigenvalue weighted by Gasteiger charge is 2.14. The molecule has 2 aromatic rings. The van der Waals surface area contributed by atoms with Crippen LogP contribution < -0.4 is 5.32 Å². The molecular formula is C14H9Cl2FN2O3. The van der Waals surface area contributed by atoms with Crippen molar-refractivity contribution < 1.29 is 18.7 Å². The van der Waals surface area contributed by atoms with Crippen LogP contribution in [0.1, 0.15) is 10.4 Å². The second-order valence-electron chi connectivity index (χ2n) is 4.09. The Morgan fingerprint density at radius 1 is 1.27 bits per heavy atom. The number of amides is 1. The maximum Gasteiger partial charge on any atom is 0.341 e. The van der Waals surface area contributed by atoms with E-state index < -0.39 is 24.3 Å². The fourth-order valence-corrected chi connectivity index (χ4v) is 1.89. The molecule has 0 aliphatic heterocycles. The van der Waals surface area contributed by atoms with Crippen molar-refractivity contribution in [2.24, 2.45) is 0 Å². The molecule has 114 valence electrons. The molecule has 0 atom stereocenters. The van der Waals surface area contributed by atoms with Crippen LogP contribution in [0.3, 0.4) is 0 Å². The molecule has 1 aromatic carbocycles. The van der Waals surface area contributed by atoms with Gasteiger partial charge >= 0.3 is 5.97 Å². The molecule has 1 heterocycles. The minimum atomic E-state index is -0.793. The lowest BCUT2D eigenvalue weighted by Crippen LogP contribution is -2.21. The fraction of sp³-hybridized carbons (Fsp3) is 0.0714. The van der Waals surface area contributed by atoms with Gasteiger partial charge in [-0.2, -0.15) is 0 Å². The Balaban J connectivity index is 1.94. The van der Waals surface area contributed by atoms with Gasteiger partial charge in [-0.05, 0) is 30.3 Å². The number of esters is 1. The van der Waals surface area contributed by atoms with E-state index in [9.17, 15) is 14.0 Å². The second-order valence-corrected chi connectivity index (χ2v) is 4.86. The van der Waals surface area contributed by atoms with E-state index in [4.69, 9.17) is 27.9 Å². The predicted octanol–water partition coefficient (Wildman–Crippen LogP) is 3.32. The molecule has 0 aliphatic carbocycles. The molecular weight excluding hydrogens is 334 g/mol. The Kier molecular flexibility index (Phi) is 5.30. The highest BCUT2D eigenvalue weighted by Crippen LogP contribution is 2.22. The third-order valence-electron chi connectivity index (χ3n) is 2.52. The van der Waals surface area contributed by atoms with Crippen LogP contribution in [0.15, 0.2) is 36.5 Å². The minimum Gasteiger partial charge on any atom is -0.452 e. The Hall–Kier alpha value is -2.18. The van der Waals surface area contributed by atoms with Gasteiger partial charge in [-0.3, -0.25) is 4.79 Å². The van der Waals surface area contributed by atoms with Crippen LogP contribution in [0.4, 0.5) is 10.1 Å². The lowest BCUT2D eigenvalue weighted by molar-refractivity contribution is -0.119. The quantitative estimate of drug-likeness (QED) is 0.683. The van der Waals surface area contributed by atoms with E-state index in [1.165, 1.54) is 24.4 Å². The first-order valence-corrected chi connectivity index (χ1v) is 6.75. The van der Waals surface area contributed by atoms with Gasteiger partial charge in [0.25, 0.3) is 5.91 Å². The van der Waals surface area contributed by atoms with Crippen molar-refractivity contribution >= 4 is 40.8 Å². The van der Waals surface area contributed by atoms with Gasteiger partial charge in [-0.25, -0.2) is 14.2 Å². The normalized spacial score (nSPS) is 10.1. The molecule has 0 saturated heterocycles. The van der Waals surface area contributed by atoms with Gasteiger partial charge in [0.2, 0.25) is 0 Å². The number of hydrogen-bond acceptors (Lipinski definition) is 4. The molecule has 0 aliphatic rings. The van der Waals surface area contributed by atoms with Crippen molar-refractivity contribution in [3.8, 4) is 0 Å². The van der Waals surface area contributed by atoms with E-state index in [-0.39, 0.29) is 21.4 Å². The Morgan fingerprint density at radius 3 is 2.77 bits per heavy atom. The summed E-state index contributed by atoms with van der Waals surface area (Å²) < 4.78 is 17.9. The molecule has 0 spiro atoms. The molecule has 22 heavy (non-hydrogen) atoms. The number of benzene rings is 1. The summed E-state index contributed by atoms with van der Waals surface area (Å²) >= 11 is 11.5. The number of carbonyl (C=O) groups is 2. The van der Waals surface area contributed by atoms with Crippen molar-refractivity contribution in [2.45, 2.75) is 0 Å². The average molecular weight is 343 g/mol. The lowest BCUT2D eigenvalue weighted by Gasteiger charge is -2.08. The van der Waals surface area contributed by atoms with Gasteiger partial charge in [-0.15, -0.1) is 0 Å². The van der Waals surface area contributed by atoms with Gasteiger partial charge in [0.15, 0.2) is 6.61 Å². The Labute approximate surface area is 135 Å². The highest BCUT2D eigenvalue weighted by molar-refractivity contribution is 6.33. The van der Waals surface area contributed by atoms with Crippen LogP contribution >= 0.6 is 23.2 Å². The molecule has 0 bridgehead atoms. The Morgan fingerprint density at radius 2 is 2.05 bits per heavy atom. The van der Waals surface area contributed by atoms with Crippen molar-refractivity contribution in [2.75, 3.05) is 11.9 Å². The molecule has 1 N–H and O–H groups in total. The maximum atomic E-state index is 13.1. The predicted molar refractivity (Wildman–Crippen MR) is 79.6 cm³/mol. The fourth-order valence-electron chi connectivity index (χ4n) is 1.53. The maximum absolute atomic E-state index is 13.1.